The molecule has 0 unspecified atom stereocenters. The lowest BCUT2D eigenvalue weighted by molar-refractivity contribution is 0.391. The first kappa shape index (κ1) is 17.0. The fourth-order valence-corrected chi connectivity index (χ4v) is 4.37. The molecule has 0 atom stereocenters. The van der Waals surface area contributed by atoms with Crippen molar-refractivity contribution in [3.8, 4) is 0 Å². The van der Waals surface area contributed by atoms with Crippen LogP contribution < -0.4 is 0 Å². The highest BCUT2D eigenvalue weighted by molar-refractivity contribution is 7.89. The van der Waals surface area contributed by atoms with Gasteiger partial charge >= 0.3 is 0 Å². The van der Waals surface area contributed by atoms with Crippen LogP contribution in [0.25, 0.3) is 0 Å². The van der Waals surface area contributed by atoms with E-state index in [1.54, 1.807) is 0 Å². The zero-order chi connectivity index (χ0) is 17.2. The van der Waals surface area contributed by atoms with Gasteiger partial charge in [0.1, 0.15) is 11.6 Å². The summed E-state index contributed by atoms with van der Waals surface area (Å²) in [7, 11) is -3.51. The first-order chi connectivity index (χ1) is 11.5. The summed E-state index contributed by atoms with van der Waals surface area (Å²) in [6.45, 7) is -0.0477. The van der Waals surface area contributed by atoms with Crippen molar-refractivity contribution in [1.29, 1.82) is 0 Å². The van der Waals surface area contributed by atoms with Gasteiger partial charge in [-0.15, -0.1) is 0 Å². The minimum absolute atomic E-state index is 0.0175. The molecule has 0 bridgehead atoms. The van der Waals surface area contributed by atoms with Gasteiger partial charge in [0.2, 0.25) is 10.0 Å². The molecular weight excluding hydrogens is 332 g/mol. The van der Waals surface area contributed by atoms with Crippen molar-refractivity contribution >= 4 is 10.0 Å². The predicted molar refractivity (Wildman–Crippen MR) is 88.9 cm³/mol. The molecule has 24 heavy (non-hydrogen) atoms. The maximum absolute atomic E-state index is 13.9. The third-order valence-electron chi connectivity index (χ3n) is 4.14. The van der Waals surface area contributed by atoms with Crippen molar-refractivity contribution in [2.75, 3.05) is 5.75 Å². The van der Waals surface area contributed by atoms with Crippen LogP contribution in [0.3, 0.4) is 0 Å². The van der Waals surface area contributed by atoms with Crippen LogP contribution in [-0.2, 0) is 23.0 Å². The molecule has 128 valence electrons. The molecule has 3 rings (SSSR count). The lowest BCUT2D eigenvalue weighted by Gasteiger charge is -2.22. The van der Waals surface area contributed by atoms with Gasteiger partial charge in [-0.25, -0.2) is 17.2 Å². The fourth-order valence-electron chi connectivity index (χ4n) is 2.64. The molecule has 0 radical (unpaired) electrons. The van der Waals surface area contributed by atoms with Crippen molar-refractivity contribution < 1.29 is 17.2 Å². The molecule has 2 aromatic rings. The van der Waals surface area contributed by atoms with Gasteiger partial charge in [0.05, 0.1) is 5.75 Å². The molecule has 0 aromatic heterocycles. The number of aryl methyl sites for hydroxylation is 1. The molecule has 1 saturated carbocycles. The number of hydrogen-bond donors (Lipinski definition) is 0. The highest BCUT2D eigenvalue weighted by Crippen LogP contribution is 2.31. The fraction of sp³-hybridized carbons (Fsp3) is 0.333. The first-order valence-electron chi connectivity index (χ1n) is 7.93. The second-order valence-corrected chi connectivity index (χ2v) is 8.10. The molecule has 3 nitrogen and oxygen atoms in total. The number of benzene rings is 2. The van der Waals surface area contributed by atoms with Crippen LogP contribution in [0, 0.1) is 11.6 Å². The maximum Gasteiger partial charge on any atom is 0.214 e. The summed E-state index contributed by atoms with van der Waals surface area (Å²) in [5.41, 5.74) is 1.15. The Morgan fingerprint density at radius 1 is 1.04 bits per heavy atom. The van der Waals surface area contributed by atoms with E-state index in [1.165, 1.54) is 10.4 Å². The topological polar surface area (TPSA) is 37.4 Å². The molecule has 0 amide bonds. The van der Waals surface area contributed by atoms with E-state index in [4.69, 9.17) is 0 Å². The summed E-state index contributed by atoms with van der Waals surface area (Å²) in [5.74, 6) is -1.39. The molecular formula is C18H19F2NO2S. The van der Waals surface area contributed by atoms with Crippen molar-refractivity contribution in [3.05, 3.63) is 71.3 Å². The number of halogens is 2. The summed E-state index contributed by atoms with van der Waals surface area (Å²) in [4.78, 5) is 0. The van der Waals surface area contributed by atoms with E-state index in [-0.39, 0.29) is 23.9 Å². The molecule has 0 aliphatic heterocycles. The normalized spacial score (nSPS) is 15.0. The van der Waals surface area contributed by atoms with E-state index in [2.05, 4.69) is 0 Å². The Bertz CT molecular complexity index is 805. The third kappa shape index (κ3) is 4.19. The minimum Gasteiger partial charge on any atom is -0.212 e. The maximum atomic E-state index is 13.9. The SMILES string of the molecule is O=S(=O)(CCc1ccccc1)N(Cc1ccc(F)cc1F)C1CC1. The van der Waals surface area contributed by atoms with Crippen LogP contribution in [0.4, 0.5) is 8.78 Å². The third-order valence-corrected chi connectivity index (χ3v) is 6.01. The summed E-state index contributed by atoms with van der Waals surface area (Å²) >= 11 is 0. The Morgan fingerprint density at radius 2 is 1.75 bits per heavy atom. The van der Waals surface area contributed by atoms with Crippen molar-refractivity contribution in [2.24, 2.45) is 0 Å². The zero-order valence-electron chi connectivity index (χ0n) is 13.2. The predicted octanol–water partition coefficient (Wildman–Crippen LogP) is 3.50. The molecule has 6 heteroatoms. The van der Waals surface area contributed by atoms with Gasteiger partial charge in [-0.05, 0) is 30.9 Å². The number of hydrogen-bond acceptors (Lipinski definition) is 2. The van der Waals surface area contributed by atoms with E-state index in [9.17, 15) is 17.2 Å². The van der Waals surface area contributed by atoms with Crippen LogP contribution in [0.15, 0.2) is 48.5 Å². The Balaban J connectivity index is 1.74. The van der Waals surface area contributed by atoms with Gasteiger partial charge in [0.25, 0.3) is 0 Å². The average Bonchev–Trinajstić information content (AvgIpc) is 3.38. The van der Waals surface area contributed by atoms with Crippen molar-refractivity contribution in [2.45, 2.75) is 31.8 Å². The molecule has 1 aliphatic carbocycles. The smallest absolute Gasteiger partial charge is 0.212 e. The van der Waals surface area contributed by atoms with Crippen molar-refractivity contribution in [1.82, 2.24) is 4.31 Å². The van der Waals surface area contributed by atoms with Crippen LogP contribution in [0.2, 0.25) is 0 Å². The second-order valence-electron chi connectivity index (χ2n) is 6.06. The number of rotatable bonds is 7. The van der Waals surface area contributed by atoms with E-state index in [0.29, 0.717) is 6.42 Å². The van der Waals surface area contributed by atoms with E-state index in [0.717, 1.165) is 30.5 Å². The molecule has 0 heterocycles. The van der Waals surface area contributed by atoms with Gasteiger partial charge in [0.15, 0.2) is 0 Å². The molecule has 1 fully saturated rings. The first-order valence-corrected chi connectivity index (χ1v) is 9.54. The summed E-state index contributed by atoms with van der Waals surface area (Å²) in [6.07, 6.45) is 1.99. The van der Waals surface area contributed by atoms with E-state index < -0.39 is 21.7 Å². The molecule has 0 saturated heterocycles. The van der Waals surface area contributed by atoms with Crippen molar-refractivity contribution in [3.63, 3.8) is 0 Å². The Kier molecular flexibility index (Phi) is 4.96. The van der Waals surface area contributed by atoms with Gasteiger partial charge in [-0.1, -0.05) is 36.4 Å². The van der Waals surface area contributed by atoms with Gasteiger partial charge in [0, 0.05) is 24.2 Å². The summed E-state index contributed by atoms with van der Waals surface area (Å²) < 4.78 is 53.7. The van der Waals surface area contributed by atoms with Gasteiger partial charge in [-0.2, -0.15) is 4.31 Å². The van der Waals surface area contributed by atoms with Crippen LogP contribution in [-0.4, -0.2) is 24.5 Å². The van der Waals surface area contributed by atoms with Gasteiger partial charge in [-0.3, -0.25) is 0 Å². The van der Waals surface area contributed by atoms with Gasteiger partial charge < -0.3 is 0 Å². The zero-order valence-corrected chi connectivity index (χ0v) is 14.0. The molecule has 1 aliphatic rings. The largest absolute Gasteiger partial charge is 0.214 e. The average molecular weight is 351 g/mol. The highest BCUT2D eigenvalue weighted by Gasteiger charge is 2.37. The van der Waals surface area contributed by atoms with Crippen LogP contribution in [0.5, 0.6) is 0 Å². The summed E-state index contributed by atoms with van der Waals surface area (Å²) in [5, 5.41) is 0. The highest BCUT2D eigenvalue weighted by atomic mass is 32.2. The molecule has 2 aromatic carbocycles. The van der Waals surface area contributed by atoms with Crippen LogP contribution in [0.1, 0.15) is 24.0 Å². The monoisotopic (exact) mass is 351 g/mol. The standard InChI is InChI=1S/C18H19F2NO2S/c19-16-7-6-15(18(20)12-16)13-21(17-8-9-17)24(22,23)11-10-14-4-2-1-3-5-14/h1-7,12,17H,8-11,13H2. The lowest BCUT2D eigenvalue weighted by atomic mass is 10.2. The molecule has 0 N–H and O–H groups in total. The summed E-state index contributed by atoms with van der Waals surface area (Å²) in [6, 6.07) is 12.6. The molecule has 0 spiro atoms. The van der Waals surface area contributed by atoms with E-state index in [1.807, 2.05) is 30.3 Å². The quantitative estimate of drug-likeness (QED) is 0.766. The second kappa shape index (κ2) is 6.99. The lowest BCUT2D eigenvalue weighted by Crippen LogP contribution is -2.35. The Labute approximate surface area is 141 Å². The number of sulfonamides is 1. The van der Waals surface area contributed by atoms with E-state index >= 15 is 0 Å². The Morgan fingerprint density at radius 3 is 2.38 bits per heavy atom. The Hall–Kier alpha value is -1.79. The van der Waals surface area contributed by atoms with Crippen LogP contribution >= 0.6 is 0 Å². The number of nitrogens with zero attached hydrogens (tertiary/aromatic N) is 1. The minimum atomic E-state index is -3.51.